The van der Waals surface area contributed by atoms with Crippen LogP contribution in [0, 0.1) is 6.92 Å². The molecule has 1 aromatic carbocycles. The van der Waals surface area contributed by atoms with Crippen molar-refractivity contribution in [1.82, 2.24) is 26.6 Å². The van der Waals surface area contributed by atoms with Crippen molar-refractivity contribution < 1.29 is 19.2 Å². The number of hydrogen-bond donors (Lipinski definition) is 5. The van der Waals surface area contributed by atoms with Gasteiger partial charge in [-0.3, -0.25) is 14.4 Å². The number of aryl methyl sites for hydroxylation is 1. The summed E-state index contributed by atoms with van der Waals surface area (Å²) in [6.07, 6.45) is 6.10. The molecule has 3 atom stereocenters. The van der Waals surface area contributed by atoms with Gasteiger partial charge in [-0.05, 0) is 37.5 Å². The second-order valence-electron chi connectivity index (χ2n) is 11.4. The Morgan fingerprint density at radius 1 is 0.833 bits per heavy atom. The van der Waals surface area contributed by atoms with Crippen molar-refractivity contribution in [2.45, 2.75) is 96.0 Å². The molecule has 9 nitrogen and oxygen atoms in total. The fourth-order valence-corrected chi connectivity index (χ4v) is 10.2. The lowest BCUT2D eigenvalue weighted by Crippen LogP contribution is -2.36. The number of nitrogens with one attached hydrogen (secondary N) is 5. The van der Waals surface area contributed by atoms with E-state index in [1.807, 2.05) is 25.6 Å². The van der Waals surface area contributed by atoms with Crippen LogP contribution < -0.4 is 26.6 Å². The van der Waals surface area contributed by atoms with Crippen molar-refractivity contribution >= 4 is 95.8 Å². The van der Waals surface area contributed by atoms with Crippen molar-refractivity contribution in [3.05, 3.63) is 35.4 Å². The largest absolute Gasteiger partial charge is 0.362 e. The van der Waals surface area contributed by atoms with Gasteiger partial charge in [0.15, 0.2) is 5.11 Å². The van der Waals surface area contributed by atoms with Crippen molar-refractivity contribution in [3.8, 4) is 0 Å². The highest BCUT2D eigenvalue weighted by Crippen LogP contribution is 2.33. The number of unbranched alkanes of at least 4 members (excludes halogenated alkanes) is 1. The van der Waals surface area contributed by atoms with Crippen LogP contribution >= 0.6 is 67.2 Å². The zero-order valence-corrected chi connectivity index (χ0v) is 33.3. The van der Waals surface area contributed by atoms with Crippen molar-refractivity contribution in [3.63, 3.8) is 0 Å². The summed E-state index contributed by atoms with van der Waals surface area (Å²) in [4.78, 5) is 45.5. The first kappa shape index (κ1) is 42.9. The monoisotopic (exact) mass is 775 g/mol. The molecule has 2 aliphatic rings. The van der Waals surface area contributed by atoms with Crippen LogP contribution in [0.3, 0.4) is 0 Å². The third-order valence-electron chi connectivity index (χ3n) is 7.52. The normalized spacial score (nSPS) is 17.7. The van der Waals surface area contributed by atoms with Gasteiger partial charge in [-0.15, -0.1) is 0 Å². The molecule has 1 aromatic rings. The van der Waals surface area contributed by atoms with Gasteiger partial charge in [0.25, 0.3) is 0 Å². The van der Waals surface area contributed by atoms with Gasteiger partial charge in [0, 0.05) is 85.8 Å². The van der Waals surface area contributed by atoms with E-state index in [4.69, 9.17) is 12.2 Å². The smallest absolute Gasteiger partial charge is 0.315 e. The van der Waals surface area contributed by atoms with Crippen LogP contribution in [0.15, 0.2) is 24.3 Å². The zero-order chi connectivity index (χ0) is 35.0. The molecular weight excluding hydrogens is 723 g/mol. The molecule has 3 amide bonds. The van der Waals surface area contributed by atoms with Crippen LogP contribution in [0.4, 0.5) is 4.79 Å². The number of carbonyl (C=O) groups is 4. The van der Waals surface area contributed by atoms with Gasteiger partial charge in [-0.2, -0.15) is 11.8 Å². The summed E-state index contributed by atoms with van der Waals surface area (Å²) in [6, 6.07) is 8.90. The Labute approximate surface area is 312 Å². The van der Waals surface area contributed by atoms with E-state index >= 15 is 0 Å². The molecule has 270 valence electrons. The minimum Gasteiger partial charge on any atom is -0.362 e. The Bertz CT molecular complexity index is 1130. The van der Waals surface area contributed by atoms with E-state index in [1.165, 1.54) is 11.1 Å². The molecule has 0 aliphatic carbocycles. The summed E-state index contributed by atoms with van der Waals surface area (Å²) < 4.78 is 0. The van der Waals surface area contributed by atoms with Gasteiger partial charge >= 0.3 is 6.03 Å². The summed E-state index contributed by atoms with van der Waals surface area (Å²) in [5, 5.41) is 16.5. The van der Waals surface area contributed by atoms with E-state index in [0.717, 1.165) is 61.1 Å². The molecule has 5 N–H and O–H groups in total. The molecular formula is C33H53N5O4S6. The van der Waals surface area contributed by atoms with Gasteiger partial charge in [0.2, 0.25) is 5.91 Å². The lowest BCUT2D eigenvalue weighted by Gasteiger charge is -2.16. The molecule has 3 rings (SSSR count). The number of thioether (sulfide) groups is 1. The zero-order valence-electron chi connectivity index (χ0n) is 28.4. The van der Waals surface area contributed by atoms with Gasteiger partial charge in [0.05, 0.1) is 12.1 Å². The Morgan fingerprint density at radius 2 is 1.44 bits per heavy atom. The van der Waals surface area contributed by atoms with E-state index < -0.39 is 0 Å². The minimum atomic E-state index is -0.0438. The lowest BCUT2D eigenvalue weighted by molar-refractivity contribution is -0.121. The van der Waals surface area contributed by atoms with Crippen LogP contribution in [0.25, 0.3) is 0 Å². The minimum absolute atomic E-state index is 0.0438. The molecule has 0 saturated carbocycles. The number of benzene rings is 1. The first-order valence-electron chi connectivity index (χ1n) is 16.8. The number of thiocarbonyl (C=S) groups is 1. The van der Waals surface area contributed by atoms with Crippen LogP contribution in [0.1, 0.15) is 76.3 Å². The van der Waals surface area contributed by atoms with E-state index in [2.05, 4.69) is 57.8 Å². The highest BCUT2D eigenvalue weighted by atomic mass is 33.1. The summed E-state index contributed by atoms with van der Waals surface area (Å²) in [6.45, 7) is 8.14. The summed E-state index contributed by atoms with van der Waals surface area (Å²) in [5.74, 6) is 5.33. The molecule has 48 heavy (non-hydrogen) atoms. The maximum absolute atomic E-state index is 11.8. The predicted molar refractivity (Wildman–Crippen MR) is 215 cm³/mol. The number of urea groups is 1. The highest BCUT2D eigenvalue weighted by molar-refractivity contribution is 8.77. The molecule has 0 spiro atoms. The lowest BCUT2D eigenvalue weighted by atomic mass is 10.0. The number of amides is 3. The second kappa shape index (κ2) is 26.5. The molecule has 2 fully saturated rings. The van der Waals surface area contributed by atoms with Gasteiger partial charge < -0.3 is 26.6 Å². The van der Waals surface area contributed by atoms with Crippen LogP contribution in [0.5, 0.6) is 0 Å². The van der Waals surface area contributed by atoms with Gasteiger partial charge in [0.1, 0.15) is 11.6 Å². The van der Waals surface area contributed by atoms with E-state index in [0.29, 0.717) is 60.6 Å². The number of Topliss-reactive ketones (excluding diaryl/α,β-unsaturated/α-hetero) is 2. The molecule has 0 bridgehead atoms. The standard InChI is InChI=1S/C17H29N3O3S3.C16H24N2OS3/c1-2-12(21)7-9-25-26-10-8-18-15(22)6-4-3-5-14-16-13(11-24-14)19-17(23)20-16;1-3-15(19)8-10-21-22-11-9-17-16(20)18-12-14-6-4-13(2)5-7-14/h13-14,16H,2-11H2,1H3,(H,18,22)(H2,19,20,23);4-7H,3,8-12H2,1-2H3,(H2,17,18,20). The molecule has 3 unspecified atom stereocenters. The topological polar surface area (TPSA) is 128 Å². The number of ketones is 2. The second-order valence-corrected chi connectivity index (χ2v) is 18.5. The Kier molecular flexibility index (Phi) is 23.7. The van der Waals surface area contributed by atoms with E-state index in [1.54, 1.807) is 43.2 Å². The molecule has 2 heterocycles. The third-order valence-corrected chi connectivity index (χ3v) is 14.1. The number of carbonyl (C=O) groups excluding carboxylic acids is 4. The number of fused-ring (bicyclic) bond motifs is 1. The maximum atomic E-state index is 11.8. The van der Waals surface area contributed by atoms with Crippen molar-refractivity contribution in [2.24, 2.45) is 0 Å². The van der Waals surface area contributed by atoms with Gasteiger partial charge in [-0.1, -0.05) is 93.3 Å². The van der Waals surface area contributed by atoms with Crippen molar-refractivity contribution in [2.75, 3.05) is 41.9 Å². The van der Waals surface area contributed by atoms with Gasteiger partial charge in [-0.25, -0.2) is 4.79 Å². The molecule has 0 aromatic heterocycles. The molecule has 2 saturated heterocycles. The average Bonchev–Trinajstić information content (AvgIpc) is 3.64. The van der Waals surface area contributed by atoms with E-state index in [-0.39, 0.29) is 24.0 Å². The Balaban J connectivity index is 0.000000339. The van der Waals surface area contributed by atoms with Crippen LogP contribution in [0.2, 0.25) is 0 Å². The van der Waals surface area contributed by atoms with Crippen molar-refractivity contribution in [1.29, 1.82) is 0 Å². The molecule has 15 heteroatoms. The third kappa shape index (κ3) is 19.8. The summed E-state index contributed by atoms with van der Waals surface area (Å²) in [5.41, 5.74) is 2.49. The SMILES string of the molecule is CCC(=O)CCSSCCNC(=O)CCCCC1SCC2NC(=O)NC21.CCC(=O)CCSSCCNC(=S)NCc1ccc(C)cc1. The fraction of sp³-hybridized carbons (Fsp3) is 0.667. The number of rotatable bonds is 23. The fourth-order valence-electron chi connectivity index (χ4n) is 4.65. The summed E-state index contributed by atoms with van der Waals surface area (Å²) >= 11 is 7.16. The molecule has 2 aliphatic heterocycles. The predicted octanol–water partition coefficient (Wildman–Crippen LogP) is 6.29. The quantitative estimate of drug-likeness (QED) is 0.0371. The maximum Gasteiger partial charge on any atom is 0.315 e. The Hall–Kier alpha value is -1.26. The Morgan fingerprint density at radius 3 is 2.06 bits per heavy atom. The first-order valence-corrected chi connectivity index (χ1v) is 23.2. The molecule has 0 radical (unpaired) electrons. The number of hydrogen-bond acceptors (Lipinski definition) is 10. The summed E-state index contributed by atoms with van der Waals surface area (Å²) in [7, 11) is 6.94. The first-order chi connectivity index (χ1) is 23.2. The van der Waals surface area contributed by atoms with Crippen LogP contribution in [-0.4, -0.2) is 87.8 Å². The van der Waals surface area contributed by atoms with E-state index in [9.17, 15) is 19.2 Å². The van der Waals surface area contributed by atoms with Crippen LogP contribution in [-0.2, 0) is 20.9 Å². The highest BCUT2D eigenvalue weighted by Gasteiger charge is 2.42. The average molecular weight is 776 g/mol.